The van der Waals surface area contributed by atoms with Gasteiger partial charge in [-0.15, -0.1) is 0 Å². The average Bonchev–Trinajstić information content (AvgIpc) is 2.19. The lowest BCUT2D eigenvalue weighted by atomic mass is 10.0. The second-order valence-electron chi connectivity index (χ2n) is 3.34. The summed E-state index contributed by atoms with van der Waals surface area (Å²) in [5, 5.41) is 12.3. The van der Waals surface area contributed by atoms with Crippen LogP contribution in [0.4, 0.5) is 0 Å². The zero-order valence-electron chi connectivity index (χ0n) is 8.53. The van der Waals surface area contributed by atoms with Crippen LogP contribution in [0.2, 0.25) is 0 Å². The summed E-state index contributed by atoms with van der Waals surface area (Å²) in [6.45, 7) is 3.98. The number of rotatable bonds is 5. The summed E-state index contributed by atoms with van der Waals surface area (Å²) in [6, 6.07) is 7.12. The largest absolute Gasteiger partial charge is 0.508 e. The van der Waals surface area contributed by atoms with Crippen LogP contribution in [0.15, 0.2) is 24.3 Å². The first-order valence-electron chi connectivity index (χ1n) is 4.99. The Labute approximate surface area is 84.9 Å². The molecule has 1 rings (SSSR count). The minimum Gasteiger partial charge on any atom is -0.508 e. The Morgan fingerprint density at radius 2 is 2.00 bits per heavy atom. The number of hydrogen-bond acceptors (Lipinski definition) is 3. The first-order chi connectivity index (χ1) is 6.74. The highest BCUT2D eigenvalue weighted by Gasteiger charge is 2.04. The highest BCUT2D eigenvalue weighted by Crippen LogP contribution is 2.16. The molecule has 14 heavy (non-hydrogen) atoms. The molecule has 0 aliphatic carbocycles. The third-order valence-electron chi connectivity index (χ3n) is 2.20. The molecule has 1 atom stereocenters. The molecule has 1 aromatic carbocycles. The molecule has 0 spiro atoms. The summed E-state index contributed by atoms with van der Waals surface area (Å²) in [6.07, 6.45) is 0.915. The normalized spacial score (nSPS) is 12.7. The summed E-state index contributed by atoms with van der Waals surface area (Å²) >= 11 is 0. The summed E-state index contributed by atoms with van der Waals surface area (Å²) in [5.74, 6) is 0.285. The number of nitrogens with two attached hydrogens (primary N) is 1. The molecule has 78 valence electrons. The third kappa shape index (κ3) is 3.36. The molecule has 0 fully saturated rings. The van der Waals surface area contributed by atoms with E-state index in [1.54, 1.807) is 12.1 Å². The molecule has 0 saturated carbocycles. The highest BCUT2D eigenvalue weighted by molar-refractivity contribution is 5.27. The monoisotopic (exact) mass is 194 g/mol. The van der Waals surface area contributed by atoms with Crippen molar-refractivity contribution in [2.24, 2.45) is 5.73 Å². The minimum absolute atomic E-state index is 0.0506. The van der Waals surface area contributed by atoms with E-state index in [1.807, 2.05) is 12.1 Å². The molecule has 0 aromatic heterocycles. The molecule has 0 bridgehead atoms. The van der Waals surface area contributed by atoms with E-state index in [0.29, 0.717) is 0 Å². The molecule has 0 aliphatic rings. The predicted molar refractivity (Wildman–Crippen MR) is 58.2 cm³/mol. The average molecular weight is 194 g/mol. The number of benzene rings is 1. The molecular formula is C11H18N2O. The fourth-order valence-corrected chi connectivity index (χ4v) is 1.32. The van der Waals surface area contributed by atoms with E-state index in [2.05, 4.69) is 12.2 Å². The van der Waals surface area contributed by atoms with E-state index < -0.39 is 0 Å². The fraction of sp³-hybridized carbons (Fsp3) is 0.455. The van der Waals surface area contributed by atoms with Gasteiger partial charge in [-0.05, 0) is 37.2 Å². The zero-order valence-corrected chi connectivity index (χ0v) is 8.53. The Balaban J connectivity index is 2.43. The van der Waals surface area contributed by atoms with Crippen LogP contribution in [-0.4, -0.2) is 18.2 Å². The van der Waals surface area contributed by atoms with Gasteiger partial charge in [0.05, 0.1) is 0 Å². The van der Waals surface area contributed by atoms with Crippen molar-refractivity contribution < 1.29 is 5.11 Å². The van der Waals surface area contributed by atoms with Crippen molar-refractivity contribution in [2.45, 2.75) is 19.4 Å². The summed E-state index contributed by atoms with van der Waals surface area (Å²) in [4.78, 5) is 0. The molecule has 0 radical (unpaired) electrons. The SMILES string of the molecule is CCNCCC(N)c1ccc(O)cc1. The summed E-state index contributed by atoms with van der Waals surface area (Å²) < 4.78 is 0. The minimum atomic E-state index is 0.0506. The maximum absolute atomic E-state index is 9.10. The van der Waals surface area contributed by atoms with Crippen molar-refractivity contribution >= 4 is 0 Å². The Morgan fingerprint density at radius 3 is 2.57 bits per heavy atom. The molecule has 0 saturated heterocycles. The van der Waals surface area contributed by atoms with Crippen LogP contribution in [0.3, 0.4) is 0 Å². The summed E-state index contributed by atoms with van der Waals surface area (Å²) in [7, 11) is 0. The van der Waals surface area contributed by atoms with E-state index >= 15 is 0 Å². The van der Waals surface area contributed by atoms with Crippen LogP contribution in [0.25, 0.3) is 0 Å². The van der Waals surface area contributed by atoms with Crippen molar-refractivity contribution in [3.05, 3.63) is 29.8 Å². The Kier molecular flexibility index (Phi) is 4.43. The van der Waals surface area contributed by atoms with Gasteiger partial charge in [0, 0.05) is 6.04 Å². The number of hydrogen-bond donors (Lipinski definition) is 3. The Hall–Kier alpha value is -1.06. The van der Waals surface area contributed by atoms with Gasteiger partial charge in [0.1, 0.15) is 5.75 Å². The van der Waals surface area contributed by atoms with Gasteiger partial charge < -0.3 is 16.2 Å². The maximum atomic E-state index is 9.10. The molecule has 0 heterocycles. The molecule has 1 unspecified atom stereocenters. The topological polar surface area (TPSA) is 58.3 Å². The second kappa shape index (κ2) is 5.62. The Morgan fingerprint density at radius 1 is 1.36 bits per heavy atom. The van der Waals surface area contributed by atoms with Crippen LogP contribution in [-0.2, 0) is 0 Å². The Bertz CT molecular complexity index is 258. The molecule has 0 aliphatic heterocycles. The van der Waals surface area contributed by atoms with Gasteiger partial charge in [-0.25, -0.2) is 0 Å². The van der Waals surface area contributed by atoms with Crippen molar-refractivity contribution in [3.63, 3.8) is 0 Å². The molecule has 1 aromatic rings. The van der Waals surface area contributed by atoms with Gasteiger partial charge in [0.2, 0.25) is 0 Å². The third-order valence-corrected chi connectivity index (χ3v) is 2.20. The van der Waals surface area contributed by atoms with E-state index in [-0.39, 0.29) is 11.8 Å². The molecular weight excluding hydrogens is 176 g/mol. The van der Waals surface area contributed by atoms with E-state index in [0.717, 1.165) is 25.1 Å². The van der Waals surface area contributed by atoms with Crippen LogP contribution in [0.1, 0.15) is 24.9 Å². The van der Waals surface area contributed by atoms with Gasteiger partial charge in [-0.2, -0.15) is 0 Å². The van der Waals surface area contributed by atoms with E-state index in [9.17, 15) is 0 Å². The first kappa shape index (κ1) is 11.0. The lowest BCUT2D eigenvalue weighted by Gasteiger charge is -2.11. The number of aromatic hydroxyl groups is 1. The quantitative estimate of drug-likeness (QED) is 0.621. The predicted octanol–water partition coefficient (Wildman–Crippen LogP) is 1.39. The standard InChI is InChI=1S/C11H18N2O/c1-2-13-8-7-11(12)9-3-5-10(14)6-4-9/h3-6,11,13-14H,2,7-8,12H2,1H3. The summed E-state index contributed by atoms with van der Waals surface area (Å²) in [5.41, 5.74) is 7.03. The fourth-order valence-electron chi connectivity index (χ4n) is 1.32. The van der Waals surface area contributed by atoms with Gasteiger partial charge >= 0.3 is 0 Å². The number of phenols is 1. The van der Waals surface area contributed by atoms with Crippen molar-refractivity contribution in [1.29, 1.82) is 0 Å². The number of nitrogens with one attached hydrogen (secondary N) is 1. The second-order valence-corrected chi connectivity index (χ2v) is 3.34. The first-order valence-corrected chi connectivity index (χ1v) is 4.99. The molecule has 3 nitrogen and oxygen atoms in total. The van der Waals surface area contributed by atoms with Crippen LogP contribution in [0, 0.1) is 0 Å². The van der Waals surface area contributed by atoms with Crippen LogP contribution < -0.4 is 11.1 Å². The maximum Gasteiger partial charge on any atom is 0.115 e. The van der Waals surface area contributed by atoms with Crippen LogP contribution in [0.5, 0.6) is 5.75 Å². The molecule has 0 amide bonds. The van der Waals surface area contributed by atoms with Gasteiger partial charge in [-0.3, -0.25) is 0 Å². The molecule has 3 heteroatoms. The lowest BCUT2D eigenvalue weighted by molar-refractivity contribution is 0.474. The number of phenolic OH excluding ortho intramolecular Hbond substituents is 1. The van der Waals surface area contributed by atoms with Gasteiger partial charge in [-0.1, -0.05) is 19.1 Å². The van der Waals surface area contributed by atoms with Crippen molar-refractivity contribution in [1.82, 2.24) is 5.32 Å². The zero-order chi connectivity index (χ0) is 10.4. The van der Waals surface area contributed by atoms with E-state index in [4.69, 9.17) is 10.8 Å². The van der Waals surface area contributed by atoms with Gasteiger partial charge in [0.25, 0.3) is 0 Å². The van der Waals surface area contributed by atoms with Crippen molar-refractivity contribution in [3.8, 4) is 5.75 Å². The van der Waals surface area contributed by atoms with Crippen LogP contribution >= 0.6 is 0 Å². The van der Waals surface area contributed by atoms with Gasteiger partial charge in [0.15, 0.2) is 0 Å². The van der Waals surface area contributed by atoms with Crippen molar-refractivity contribution in [2.75, 3.05) is 13.1 Å². The highest BCUT2D eigenvalue weighted by atomic mass is 16.3. The van der Waals surface area contributed by atoms with E-state index in [1.165, 1.54) is 0 Å². The lowest BCUT2D eigenvalue weighted by Crippen LogP contribution is -2.20. The molecule has 4 N–H and O–H groups in total. The smallest absolute Gasteiger partial charge is 0.115 e.